The number of rotatable bonds is 2. The Kier molecular flexibility index (Phi) is 2.90. The van der Waals surface area contributed by atoms with Crippen molar-refractivity contribution in [3.63, 3.8) is 0 Å². The molecular formula is C17H19N3O3. The van der Waals surface area contributed by atoms with Gasteiger partial charge in [0.2, 0.25) is 5.95 Å². The molecule has 6 heteroatoms. The van der Waals surface area contributed by atoms with E-state index in [2.05, 4.69) is 9.88 Å². The normalized spacial score (nSPS) is 18.8. The maximum atomic E-state index is 12.7. The summed E-state index contributed by atoms with van der Waals surface area (Å²) in [6, 6.07) is 3.61. The molecule has 0 aliphatic carbocycles. The number of Topliss-reactive ketones (excluding diaryl/α,β-unsaturated/α-hetero) is 1. The highest BCUT2D eigenvalue weighted by Crippen LogP contribution is 2.39. The Balaban J connectivity index is 1.88. The van der Waals surface area contributed by atoms with Gasteiger partial charge in [-0.3, -0.25) is 14.2 Å². The number of nitrogens with zero attached hydrogens (tertiary/aromatic N) is 3. The summed E-state index contributed by atoms with van der Waals surface area (Å²) in [5.41, 5.74) is 2.04. The van der Waals surface area contributed by atoms with Crippen LogP contribution in [0.5, 0.6) is 0 Å². The van der Waals surface area contributed by atoms with Crippen molar-refractivity contribution in [1.29, 1.82) is 0 Å². The number of aromatic nitrogens is 2. The molecule has 0 atom stereocenters. The van der Waals surface area contributed by atoms with Gasteiger partial charge in [0.25, 0.3) is 5.56 Å². The first-order chi connectivity index (χ1) is 10.9. The van der Waals surface area contributed by atoms with Crippen molar-refractivity contribution in [2.45, 2.75) is 13.8 Å². The van der Waals surface area contributed by atoms with E-state index in [0.717, 1.165) is 31.9 Å². The molecule has 1 spiro atoms. The second kappa shape index (κ2) is 4.64. The fourth-order valence-corrected chi connectivity index (χ4v) is 3.54. The van der Waals surface area contributed by atoms with Crippen LogP contribution in [0.15, 0.2) is 16.9 Å². The third-order valence-corrected chi connectivity index (χ3v) is 4.83. The van der Waals surface area contributed by atoms with Gasteiger partial charge in [-0.2, -0.15) is 0 Å². The molecule has 0 saturated carbocycles. The lowest BCUT2D eigenvalue weighted by Gasteiger charge is -2.55. The second-order valence-electron chi connectivity index (χ2n) is 6.89. The molecule has 6 nitrogen and oxygen atoms in total. The molecule has 2 fully saturated rings. The monoisotopic (exact) mass is 313 g/mol. The SMILES string of the molecule is CC(=O)c1cc(C)cc2c(=O)n(C)c(N3CC4(COC4)C3)nc12. The molecule has 2 aromatic rings. The van der Waals surface area contributed by atoms with Gasteiger partial charge in [0, 0.05) is 25.7 Å². The largest absolute Gasteiger partial charge is 0.380 e. The third-order valence-electron chi connectivity index (χ3n) is 4.83. The molecule has 120 valence electrons. The van der Waals surface area contributed by atoms with Crippen LogP contribution >= 0.6 is 0 Å². The molecule has 0 unspecified atom stereocenters. The highest BCUT2D eigenvalue weighted by molar-refractivity contribution is 6.05. The highest BCUT2D eigenvalue weighted by atomic mass is 16.5. The summed E-state index contributed by atoms with van der Waals surface area (Å²) in [7, 11) is 1.74. The van der Waals surface area contributed by atoms with Gasteiger partial charge < -0.3 is 9.64 Å². The van der Waals surface area contributed by atoms with Crippen molar-refractivity contribution in [3.05, 3.63) is 33.6 Å². The summed E-state index contributed by atoms with van der Waals surface area (Å²) in [6.45, 7) is 6.65. The molecule has 0 bridgehead atoms. The molecule has 23 heavy (non-hydrogen) atoms. The maximum Gasteiger partial charge on any atom is 0.262 e. The Hall–Kier alpha value is -2.21. The Labute approximate surface area is 133 Å². The number of carbonyl (C=O) groups is 1. The van der Waals surface area contributed by atoms with Crippen LogP contribution < -0.4 is 10.5 Å². The summed E-state index contributed by atoms with van der Waals surface area (Å²) >= 11 is 0. The molecule has 1 aromatic heterocycles. The van der Waals surface area contributed by atoms with E-state index in [-0.39, 0.29) is 16.8 Å². The van der Waals surface area contributed by atoms with E-state index >= 15 is 0 Å². The predicted octanol–water partition coefficient (Wildman–Crippen LogP) is 1.28. The average Bonchev–Trinajstić information content (AvgIpc) is 2.41. The summed E-state index contributed by atoms with van der Waals surface area (Å²) in [6.07, 6.45) is 0. The summed E-state index contributed by atoms with van der Waals surface area (Å²) < 4.78 is 6.87. The molecule has 3 heterocycles. The zero-order valence-electron chi connectivity index (χ0n) is 13.5. The summed E-state index contributed by atoms with van der Waals surface area (Å²) in [5, 5.41) is 0.503. The van der Waals surface area contributed by atoms with Crippen molar-refractivity contribution in [1.82, 2.24) is 9.55 Å². The smallest absolute Gasteiger partial charge is 0.262 e. The minimum atomic E-state index is -0.109. The lowest BCUT2D eigenvalue weighted by molar-refractivity contribution is -0.127. The van der Waals surface area contributed by atoms with E-state index < -0.39 is 0 Å². The number of anilines is 1. The first-order valence-corrected chi connectivity index (χ1v) is 7.75. The van der Waals surface area contributed by atoms with Crippen LogP contribution in [0.4, 0.5) is 5.95 Å². The fourth-order valence-electron chi connectivity index (χ4n) is 3.54. The molecule has 0 radical (unpaired) electrons. The number of ether oxygens (including phenoxy) is 1. The Morgan fingerprint density at radius 1 is 1.30 bits per heavy atom. The second-order valence-corrected chi connectivity index (χ2v) is 6.89. The number of carbonyl (C=O) groups excluding carboxylic acids is 1. The zero-order chi connectivity index (χ0) is 16.4. The zero-order valence-corrected chi connectivity index (χ0v) is 13.5. The first-order valence-electron chi connectivity index (χ1n) is 7.75. The molecule has 4 rings (SSSR count). The van der Waals surface area contributed by atoms with Crippen molar-refractivity contribution in [3.8, 4) is 0 Å². The van der Waals surface area contributed by atoms with Crippen LogP contribution in [-0.4, -0.2) is 41.6 Å². The molecule has 2 aliphatic rings. The van der Waals surface area contributed by atoms with E-state index in [0.29, 0.717) is 22.4 Å². The van der Waals surface area contributed by atoms with Gasteiger partial charge >= 0.3 is 0 Å². The number of hydrogen-bond acceptors (Lipinski definition) is 5. The van der Waals surface area contributed by atoms with E-state index in [1.54, 1.807) is 23.7 Å². The average molecular weight is 313 g/mol. The van der Waals surface area contributed by atoms with Crippen LogP contribution in [0.25, 0.3) is 10.9 Å². The van der Waals surface area contributed by atoms with E-state index in [1.807, 2.05) is 6.92 Å². The summed E-state index contributed by atoms with van der Waals surface area (Å²) in [5.74, 6) is 0.559. The number of hydrogen-bond donors (Lipinski definition) is 0. The van der Waals surface area contributed by atoms with Crippen molar-refractivity contribution < 1.29 is 9.53 Å². The van der Waals surface area contributed by atoms with E-state index in [9.17, 15) is 9.59 Å². The molecule has 1 aromatic carbocycles. The standard InChI is InChI=1S/C17H19N3O3/c1-10-4-12(11(2)21)14-13(5-10)15(22)19(3)16(18-14)20-6-17(7-20)8-23-9-17/h4-5H,6-9H2,1-3H3. The molecule has 0 amide bonds. The number of fused-ring (bicyclic) bond motifs is 1. The topological polar surface area (TPSA) is 64.4 Å². The summed E-state index contributed by atoms with van der Waals surface area (Å²) in [4.78, 5) is 31.4. The van der Waals surface area contributed by atoms with Crippen molar-refractivity contribution in [2.75, 3.05) is 31.2 Å². The van der Waals surface area contributed by atoms with E-state index in [1.165, 1.54) is 6.92 Å². The van der Waals surface area contributed by atoms with Gasteiger partial charge in [-0.15, -0.1) is 0 Å². The number of ketones is 1. The quantitative estimate of drug-likeness (QED) is 0.782. The van der Waals surface area contributed by atoms with Gasteiger partial charge in [-0.25, -0.2) is 4.98 Å². The van der Waals surface area contributed by atoms with Gasteiger partial charge in [-0.1, -0.05) is 0 Å². The van der Waals surface area contributed by atoms with E-state index in [4.69, 9.17) is 4.74 Å². The molecule has 2 aliphatic heterocycles. The van der Waals surface area contributed by atoms with Gasteiger partial charge in [0.05, 0.1) is 29.5 Å². The van der Waals surface area contributed by atoms with Crippen molar-refractivity contribution in [2.24, 2.45) is 12.5 Å². The van der Waals surface area contributed by atoms with Crippen LogP contribution in [-0.2, 0) is 11.8 Å². The lowest BCUT2D eigenvalue weighted by atomic mass is 9.78. The number of aryl methyl sites for hydroxylation is 1. The molecule has 2 saturated heterocycles. The van der Waals surface area contributed by atoms with Crippen LogP contribution in [0, 0.1) is 12.3 Å². The highest BCUT2D eigenvalue weighted by Gasteiger charge is 2.50. The lowest BCUT2D eigenvalue weighted by Crippen LogP contribution is -2.66. The van der Waals surface area contributed by atoms with Crippen LogP contribution in [0.2, 0.25) is 0 Å². The minimum absolute atomic E-state index is 0.0714. The fraction of sp³-hybridized carbons (Fsp3) is 0.471. The Morgan fingerprint density at radius 3 is 2.57 bits per heavy atom. The van der Waals surface area contributed by atoms with Crippen molar-refractivity contribution >= 4 is 22.6 Å². The maximum absolute atomic E-state index is 12.7. The Bertz CT molecular complexity index is 888. The third kappa shape index (κ3) is 2.01. The Morgan fingerprint density at radius 2 is 2.00 bits per heavy atom. The van der Waals surface area contributed by atoms with Gasteiger partial charge in [0.1, 0.15) is 0 Å². The molecular weight excluding hydrogens is 294 g/mol. The number of benzene rings is 1. The minimum Gasteiger partial charge on any atom is -0.380 e. The predicted molar refractivity (Wildman–Crippen MR) is 87.2 cm³/mol. The van der Waals surface area contributed by atoms with Crippen LogP contribution in [0.3, 0.4) is 0 Å². The van der Waals surface area contributed by atoms with Gasteiger partial charge in [-0.05, 0) is 31.5 Å². The van der Waals surface area contributed by atoms with Crippen LogP contribution in [0.1, 0.15) is 22.8 Å². The van der Waals surface area contributed by atoms with Gasteiger partial charge in [0.15, 0.2) is 5.78 Å². The first kappa shape index (κ1) is 14.4. The molecule has 0 N–H and O–H groups in total.